The van der Waals surface area contributed by atoms with E-state index in [4.69, 9.17) is 4.98 Å². The molecule has 4 rings (SSSR count). The lowest BCUT2D eigenvalue weighted by Gasteiger charge is -2.17. The third-order valence-corrected chi connectivity index (χ3v) is 6.04. The number of carbonyl (C=O) groups is 1. The number of carbonyl (C=O) groups excluding carboxylic acids is 1. The number of rotatable bonds is 9. The van der Waals surface area contributed by atoms with Gasteiger partial charge in [0.1, 0.15) is 11.6 Å². The highest BCUT2D eigenvalue weighted by atomic mass is 19.1. The number of amides is 1. The molecule has 0 radical (unpaired) electrons. The predicted octanol–water partition coefficient (Wildman–Crippen LogP) is 5.66. The van der Waals surface area contributed by atoms with Gasteiger partial charge in [-0.15, -0.1) is 0 Å². The highest BCUT2D eigenvalue weighted by Gasteiger charge is 2.33. The summed E-state index contributed by atoms with van der Waals surface area (Å²) >= 11 is 0. The summed E-state index contributed by atoms with van der Waals surface area (Å²) in [7, 11) is 0. The number of hydrogen-bond acceptors (Lipinski definition) is 2. The summed E-state index contributed by atoms with van der Waals surface area (Å²) in [6.07, 6.45) is 6.64. The van der Waals surface area contributed by atoms with Gasteiger partial charge in [-0.2, -0.15) is 0 Å². The molecule has 0 spiro atoms. The standard InChI is InChI=1S/C25H30FN3O/c1-2-3-4-5-8-15-29-23-10-7-6-9-22(23)27-25(29)20-16-24(30)28(18-20)17-19-11-13-21(26)14-12-19/h6-7,9-14,20H,2-5,8,15-18H2,1H3. The summed E-state index contributed by atoms with van der Waals surface area (Å²) in [5, 5.41) is 0. The van der Waals surface area contributed by atoms with Crippen LogP contribution in [-0.2, 0) is 17.9 Å². The molecule has 3 aromatic rings. The van der Waals surface area contributed by atoms with E-state index in [0.29, 0.717) is 19.5 Å². The number of likely N-dealkylation sites (tertiary alicyclic amines) is 1. The van der Waals surface area contributed by atoms with Gasteiger partial charge in [0.25, 0.3) is 0 Å². The summed E-state index contributed by atoms with van der Waals surface area (Å²) in [6.45, 7) is 4.36. The molecule has 1 saturated heterocycles. The molecule has 1 aliphatic heterocycles. The fraction of sp³-hybridized carbons (Fsp3) is 0.440. The number of imidazole rings is 1. The number of aryl methyl sites for hydroxylation is 1. The SMILES string of the molecule is CCCCCCCn1c(C2CC(=O)N(Cc3ccc(F)cc3)C2)nc2ccccc21. The van der Waals surface area contributed by atoms with E-state index in [-0.39, 0.29) is 17.6 Å². The van der Waals surface area contributed by atoms with Gasteiger partial charge < -0.3 is 9.47 Å². The van der Waals surface area contributed by atoms with Gasteiger partial charge in [0.05, 0.1) is 11.0 Å². The number of benzene rings is 2. The van der Waals surface area contributed by atoms with Crippen molar-refractivity contribution in [1.82, 2.24) is 14.5 Å². The molecule has 2 heterocycles. The van der Waals surface area contributed by atoms with Crippen LogP contribution >= 0.6 is 0 Å². The maximum absolute atomic E-state index is 13.2. The molecule has 1 aliphatic rings. The first kappa shape index (κ1) is 20.6. The molecule has 4 nitrogen and oxygen atoms in total. The maximum Gasteiger partial charge on any atom is 0.223 e. The molecule has 1 fully saturated rings. The van der Waals surface area contributed by atoms with Gasteiger partial charge in [-0.25, -0.2) is 9.37 Å². The second-order valence-corrected chi connectivity index (χ2v) is 8.33. The van der Waals surface area contributed by atoms with Crippen molar-refractivity contribution in [2.75, 3.05) is 6.54 Å². The Balaban J connectivity index is 1.51. The van der Waals surface area contributed by atoms with Crippen LogP contribution in [0.4, 0.5) is 4.39 Å². The molecule has 1 unspecified atom stereocenters. The topological polar surface area (TPSA) is 38.1 Å². The largest absolute Gasteiger partial charge is 0.338 e. The molecule has 1 atom stereocenters. The summed E-state index contributed by atoms with van der Waals surface area (Å²) in [5.74, 6) is 1.02. The number of hydrogen-bond donors (Lipinski definition) is 0. The van der Waals surface area contributed by atoms with E-state index in [1.165, 1.54) is 37.8 Å². The molecule has 1 aromatic heterocycles. The molecule has 158 valence electrons. The molecule has 1 amide bonds. The van der Waals surface area contributed by atoms with Crippen LogP contribution in [0.1, 0.15) is 62.8 Å². The van der Waals surface area contributed by atoms with Crippen LogP contribution in [0.3, 0.4) is 0 Å². The van der Waals surface area contributed by atoms with E-state index < -0.39 is 0 Å². The fourth-order valence-electron chi connectivity index (χ4n) is 4.42. The number of unbranched alkanes of at least 4 members (excludes halogenated alkanes) is 4. The maximum atomic E-state index is 13.2. The van der Waals surface area contributed by atoms with E-state index in [0.717, 1.165) is 35.4 Å². The number of aromatic nitrogens is 2. The molecule has 0 N–H and O–H groups in total. The first-order chi connectivity index (χ1) is 14.7. The van der Waals surface area contributed by atoms with Gasteiger partial charge in [-0.1, -0.05) is 56.9 Å². The smallest absolute Gasteiger partial charge is 0.223 e. The quantitative estimate of drug-likeness (QED) is 0.429. The van der Waals surface area contributed by atoms with Gasteiger partial charge >= 0.3 is 0 Å². The Morgan fingerprint density at radius 2 is 1.80 bits per heavy atom. The summed E-state index contributed by atoms with van der Waals surface area (Å²) < 4.78 is 15.5. The average molecular weight is 408 g/mol. The highest BCUT2D eigenvalue weighted by Crippen LogP contribution is 2.31. The van der Waals surface area contributed by atoms with Crippen molar-refractivity contribution < 1.29 is 9.18 Å². The van der Waals surface area contributed by atoms with Crippen molar-refractivity contribution in [2.24, 2.45) is 0 Å². The average Bonchev–Trinajstić information content (AvgIpc) is 3.30. The van der Waals surface area contributed by atoms with E-state index in [1.807, 2.05) is 11.0 Å². The monoisotopic (exact) mass is 407 g/mol. The normalized spacial score (nSPS) is 16.7. The van der Waals surface area contributed by atoms with Crippen molar-refractivity contribution >= 4 is 16.9 Å². The molecule has 30 heavy (non-hydrogen) atoms. The first-order valence-electron chi connectivity index (χ1n) is 11.1. The summed E-state index contributed by atoms with van der Waals surface area (Å²) in [5.41, 5.74) is 3.12. The molecule has 2 aromatic carbocycles. The van der Waals surface area contributed by atoms with Crippen LogP contribution in [0.25, 0.3) is 11.0 Å². The van der Waals surface area contributed by atoms with Crippen molar-refractivity contribution in [1.29, 1.82) is 0 Å². The Bertz CT molecular complexity index is 995. The minimum Gasteiger partial charge on any atom is -0.338 e. The van der Waals surface area contributed by atoms with Crippen molar-refractivity contribution in [3.8, 4) is 0 Å². The van der Waals surface area contributed by atoms with Crippen molar-refractivity contribution in [2.45, 2.75) is 64.5 Å². The lowest BCUT2D eigenvalue weighted by Crippen LogP contribution is -2.24. The van der Waals surface area contributed by atoms with Crippen LogP contribution in [0, 0.1) is 5.82 Å². The third kappa shape index (κ3) is 4.55. The Labute approximate surface area is 177 Å². The lowest BCUT2D eigenvalue weighted by molar-refractivity contribution is -0.128. The van der Waals surface area contributed by atoms with Gasteiger partial charge in [0.2, 0.25) is 5.91 Å². The Hall–Kier alpha value is -2.69. The molecular formula is C25H30FN3O. The first-order valence-corrected chi connectivity index (χ1v) is 11.1. The highest BCUT2D eigenvalue weighted by molar-refractivity contribution is 5.81. The molecule has 0 saturated carbocycles. The Morgan fingerprint density at radius 1 is 1.03 bits per heavy atom. The van der Waals surface area contributed by atoms with Crippen LogP contribution in [0.15, 0.2) is 48.5 Å². The lowest BCUT2D eigenvalue weighted by atomic mass is 10.1. The summed E-state index contributed by atoms with van der Waals surface area (Å²) in [4.78, 5) is 19.5. The van der Waals surface area contributed by atoms with Gasteiger partial charge in [0, 0.05) is 32.0 Å². The molecule has 0 bridgehead atoms. The number of halogens is 1. The number of nitrogens with zero attached hydrogens (tertiary/aromatic N) is 3. The van der Waals surface area contributed by atoms with Gasteiger partial charge in [-0.05, 0) is 36.2 Å². The van der Waals surface area contributed by atoms with E-state index in [1.54, 1.807) is 12.1 Å². The van der Waals surface area contributed by atoms with Gasteiger partial charge in [-0.3, -0.25) is 4.79 Å². The van der Waals surface area contributed by atoms with Gasteiger partial charge in [0.15, 0.2) is 0 Å². The number of para-hydroxylation sites is 2. The second kappa shape index (κ2) is 9.41. The summed E-state index contributed by atoms with van der Waals surface area (Å²) in [6, 6.07) is 14.7. The zero-order chi connectivity index (χ0) is 20.9. The molecule has 0 aliphatic carbocycles. The van der Waals surface area contributed by atoms with Crippen molar-refractivity contribution in [3.63, 3.8) is 0 Å². The Kier molecular flexibility index (Phi) is 6.46. The van der Waals surface area contributed by atoms with Crippen LogP contribution in [-0.4, -0.2) is 26.9 Å². The second-order valence-electron chi connectivity index (χ2n) is 8.33. The fourth-order valence-corrected chi connectivity index (χ4v) is 4.42. The van der Waals surface area contributed by atoms with Crippen LogP contribution in [0.5, 0.6) is 0 Å². The zero-order valence-electron chi connectivity index (χ0n) is 17.7. The van der Waals surface area contributed by atoms with E-state index in [2.05, 4.69) is 29.7 Å². The molecular weight excluding hydrogens is 377 g/mol. The number of fused-ring (bicyclic) bond motifs is 1. The van der Waals surface area contributed by atoms with Crippen LogP contribution in [0.2, 0.25) is 0 Å². The minimum absolute atomic E-state index is 0.0981. The van der Waals surface area contributed by atoms with Crippen molar-refractivity contribution in [3.05, 3.63) is 65.7 Å². The predicted molar refractivity (Wildman–Crippen MR) is 118 cm³/mol. The zero-order valence-corrected chi connectivity index (χ0v) is 17.7. The van der Waals surface area contributed by atoms with E-state index in [9.17, 15) is 9.18 Å². The van der Waals surface area contributed by atoms with E-state index >= 15 is 0 Å². The molecule has 5 heteroatoms. The third-order valence-electron chi connectivity index (χ3n) is 6.04. The minimum atomic E-state index is -0.253. The van der Waals surface area contributed by atoms with Crippen LogP contribution < -0.4 is 0 Å². The Morgan fingerprint density at radius 3 is 2.60 bits per heavy atom.